The van der Waals surface area contributed by atoms with Crippen LogP contribution in [0.25, 0.3) is 0 Å². The summed E-state index contributed by atoms with van der Waals surface area (Å²) in [5.41, 5.74) is -0.333. The second-order valence-corrected chi connectivity index (χ2v) is 5.91. The van der Waals surface area contributed by atoms with E-state index in [9.17, 15) is 4.79 Å². The predicted molar refractivity (Wildman–Crippen MR) is 73.6 cm³/mol. The van der Waals surface area contributed by atoms with Gasteiger partial charge in [0.25, 0.3) is 0 Å². The van der Waals surface area contributed by atoms with Gasteiger partial charge in [0.2, 0.25) is 5.91 Å². The lowest BCUT2D eigenvalue weighted by Crippen LogP contribution is -2.36. The van der Waals surface area contributed by atoms with Crippen LogP contribution in [-0.4, -0.2) is 38.9 Å². The fraction of sp³-hybridized carbons (Fsp3) is 0.929. The molecule has 1 N–H and O–H groups in total. The normalized spacial score (nSPS) is 11.9. The Bertz CT molecular complexity index is 222. The van der Waals surface area contributed by atoms with Gasteiger partial charge in [0.1, 0.15) is 0 Å². The summed E-state index contributed by atoms with van der Waals surface area (Å²) in [6.07, 6.45) is 1.08. The Labute approximate surface area is 111 Å². The first-order valence-electron chi connectivity index (χ1n) is 6.78. The van der Waals surface area contributed by atoms with Gasteiger partial charge < -0.3 is 14.8 Å². The molecule has 1 amide bonds. The number of carbonyl (C=O) groups is 1. The minimum absolute atomic E-state index is 0.0549. The average molecular weight is 259 g/mol. The molecule has 0 unspecified atom stereocenters. The first-order valence-corrected chi connectivity index (χ1v) is 6.78. The maximum absolute atomic E-state index is 11.5. The predicted octanol–water partition coefficient (Wildman–Crippen LogP) is 2.23. The molecule has 0 aliphatic heterocycles. The molecule has 0 bridgehead atoms. The summed E-state index contributed by atoms with van der Waals surface area (Å²) in [5, 5.41) is 2.83. The van der Waals surface area contributed by atoms with Crippen molar-refractivity contribution < 1.29 is 14.3 Å². The first kappa shape index (κ1) is 17.4. The monoisotopic (exact) mass is 259 g/mol. The number of rotatable bonds is 9. The minimum Gasteiger partial charge on any atom is -0.379 e. The van der Waals surface area contributed by atoms with Gasteiger partial charge in [-0.2, -0.15) is 0 Å². The number of nitrogens with one attached hydrogen (secondary N) is 1. The second kappa shape index (κ2) is 9.34. The molecule has 18 heavy (non-hydrogen) atoms. The second-order valence-electron chi connectivity index (χ2n) is 5.91. The van der Waals surface area contributed by atoms with E-state index in [0.29, 0.717) is 32.3 Å². The Balaban J connectivity index is 3.24. The highest BCUT2D eigenvalue weighted by molar-refractivity contribution is 5.81. The van der Waals surface area contributed by atoms with Crippen LogP contribution < -0.4 is 5.32 Å². The SMILES string of the molecule is CC(C)CCOCCOCCNC(=O)C(C)(C)C. The number of hydrogen-bond acceptors (Lipinski definition) is 3. The largest absolute Gasteiger partial charge is 0.379 e. The van der Waals surface area contributed by atoms with Crippen molar-refractivity contribution in [2.24, 2.45) is 11.3 Å². The highest BCUT2D eigenvalue weighted by atomic mass is 16.5. The molecule has 0 spiro atoms. The molecule has 4 heteroatoms. The Morgan fingerprint density at radius 2 is 1.61 bits per heavy atom. The molecule has 0 saturated carbocycles. The molecule has 0 atom stereocenters. The summed E-state index contributed by atoms with van der Waals surface area (Å²) in [6, 6.07) is 0. The van der Waals surface area contributed by atoms with Gasteiger partial charge in [0.05, 0.1) is 19.8 Å². The van der Waals surface area contributed by atoms with Gasteiger partial charge in [0.15, 0.2) is 0 Å². The van der Waals surface area contributed by atoms with Gasteiger partial charge in [0, 0.05) is 18.6 Å². The molecule has 0 aromatic rings. The van der Waals surface area contributed by atoms with E-state index in [-0.39, 0.29) is 11.3 Å². The molecule has 0 radical (unpaired) electrons. The first-order chi connectivity index (χ1) is 8.34. The van der Waals surface area contributed by atoms with E-state index in [0.717, 1.165) is 13.0 Å². The molecule has 0 aliphatic carbocycles. The zero-order chi connectivity index (χ0) is 14.0. The number of ether oxygens (including phenoxy) is 2. The minimum atomic E-state index is -0.333. The molecular formula is C14H29NO3. The maximum Gasteiger partial charge on any atom is 0.225 e. The van der Waals surface area contributed by atoms with Crippen LogP contribution in [0.2, 0.25) is 0 Å². The van der Waals surface area contributed by atoms with Crippen molar-refractivity contribution >= 4 is 5.91 Å². The highest BCUT2D eigenvalue weighted by Crippen LogP contribution is 2.11. The molecule has 0 saturated heterocycles. The van der Waals surface area contributed by atoms with Crippen molar-refractivity contribution in [2.75, 3.05) is 33.0 Å². The molecule has 0 aliphatic rings. The van der Waals surface area contributed by atoms with Crippen LogP contribution in [0.5, 0.6) is 0 Å². The number of carbonyl (C=O) groups excluding carboxylic acids is 1. The third kappa shape index (κ3) is 10.5. The fourth-order valence-corrected chi connectivity index (χ4v) is 1.14. The molecule has 4 nitrogen and oxygen atoms in total. The van der Waals surface area contributed by atoms with Crippen LogP contribution >= 0.6 is 0 Å². The van der Waals surface area contributed by atoms with Crippen molar-refractivity contribution in [3.63, 3.8) is 0 Å². The van der Waals surface area contributed by atoms with Crippen LogP contribution in [-0.2, 0) is 14.3 Å². The molecule has 0 fully saturated rings. The van der Waals surface area contributed by atoms with E-state index in [2.05, 4.69) is 19.2 Å². The van der Waals surface area contributed by atoms with Gasteiger partial charge in [-0.05, 0) is 12.3 Å². The van der Waals surface area contributed by atoms with E-state index < -0.39 is 0 Å². The molecule has 0 aromatic carbocycles. The number of hydrogen-bond donors (Lipinski definition) is 1. The van der Waals surface area contributed by atoms with Crippen molar-refractivity contribution in [1.29, 1.82) is 0 Å². The van der Waals surface area contributed by atoms with E-state index in [1.807, 2.05) is 20.8 Å². The highest BCUT2D eigenvalue weighted by Gasteiger charge is 2.20. The van der Waals surface area contributed by atoms with Crippen LogP contribution in [0.4, 0.5) is 0 Å². The molecular weight excluding hydrogens is 230 g/mol. The smallest absolute Gasteiger partial charge is 0.225 e. The third-order valence-electron chi connectivity index (χ3n) is 2.42. The maximum atomic E-state index is 11.5. The quantitative estimate of drug-likeness (QED) is 0.646. The topological polar surface area (TPSA) is 47.6 Å². The summed E-state index contributed by atoms with van der Waals surface area (Å²) in [4.78, 5) is 11.5. The zero-order valence-electron chi connectivity index (χ0n) is 12.5. The van der Waals surface area contributed by atoms with Crippen molar-refractivity contribution in [1.82, 2.24) is 5.32 Å². The lowest BCUT2D eigenvalue weighted by atomic mass is 9.96. The standard InChI is InChI=1S/C14H29NO3/c1-12(2)6-8-17-10-11-18-9-7-15-13(16)14(3,4)5/h12H,6-11H2,1-5H3,(H,15,16). The van der Waals surface area contributed by atoms with Gasteiger partial charge >= 0.3 is 0 Å². The lowest BCUT2D eigenvalue weighted by Gasteiger charge is -2.17. The Kier molecular flexibility index (Phi) is 9.02. The Morgan fingerprint density at radius 1 is 1.06 bits per heavy atom. The summed E-state index contributed by atoms with van der Waals surface area (Å²) in [7, 11) is 0. The fourth-order valence-electron chi connectivity index (χ4n) is 1.14. The van der Waals surface area contributed by atoms with Crippen LogP contribution in [0.3, 0.4) is 0 Å². The lowest BCUT2D eigenvalue weighted by molar-refractivity contribution is -0.128. The van der Waals surface area contributed by atoms with Crippen LogP contribution in [0.1, 0.15) is 41.0 Å². The Morgan fingerprint density at radius 3 is 2.11 bits per heavy atom. The third-order valence-corrected chi connectivity index (χ3v) is 2.42. The summed E-state index contributed by atoms with van der Waals surface area (Å²) in [6.45, 7) is 13.1. The molecule has 108 valence electrons. The zero-order valence-corrected chi connectivity index (χ0v) is 12.5. The van der Waals surface area contributed by atoms with Crippen LogP contribution in [0.15, 0.2) is 0 Å². The Hall–Kier alpha value is -0.610. The summed E-state index contributed by atoms with van der Waals surface area (Å²) >= 11 is 0. The molecule has 0 rings (SSSR count). The van der Waals surface area contributed by atoms with Gasteiger partial charge in [-0.3, -0.25) is 4.79 Å². The van der Waals surface area contributed by atoms with E-state index in [1.54, 1.807) is 0 Å². The summed E-state index contributed by atoms with van der Waals surface area (Å²) < 4.78 is 10.8. The van der Waals surface area contributed by atoms with E-state index in [1.165, 1.54) is 0 Å². The van der Waals surface area contributed by atoms with Gasteiger partial charge in [-0.25, -0.2) is 0 Å². The van der Waals surface area contributed by atoms with Crippen LogP contribution in [0, 0.1) is 11.3 Å². The molecule has 0 aromatic heterocycles. The van der Waals surface area contributed by atoms with E-state index >= 15 is 0 Å². The molecule has 0 heterocycles. The average Bonchev–Trinajstić information content (AvgIpc) is 2.24. The summed E-state index contributed by atoms with van der Waals surface area (Å²) in [5.74, 6) is 0.734. The van der Waals surface area contributed by atoms with E-state index in [4.69, 9.17) is 9.47 Å². The van der Waals surface area contributed by atoms with Crippen molar-refractivity contribution in [2.45, 2.75) is 41.0 Å². The van der Waals surface area contributed by atoms with Gasteiger partial charge in [-0.1, -0.05) is 34.6 Å². The van der Waals surface area contributed by atoms with Crippen molar-refractivity contribution in [3.8, 4) is 0 Å². The number of amides is 1. The van der Waals surface area contributed by atoms with Gasteiger partial charge in [-0.15, -0.1) is 0 Å². The van der Waals surface area contributed by atoms with Crippen molar-refractivity contribution in [3.05, 3.63) is 0 Å².